The molecular weight excluding hydrogens is 236 g/mol. The van der Waals surface area contributed by atoms with E-state index in [9.17, 15) is 5.26 Å². The third-order valence-electron chi connectivity index (χ3n) is 4.31. The molecule has 4 heteroatoms. The lowest BCUT2D eigenvalue weighted by Crippen LogP contribution is -2.47. The van der Waals surface area contributed by atoms with Crippen LogP contribution >= 0.6 is 0 Å². The fourth-order valence-electron chi connectivity index (χ4n) is 3.38. The van der Waals surface area contributed by atoms with Gasteiger partial charge in [0.2, 0.25) is 0 Å². The van der Waals surface area contributed by atoms with Crippen LogP contribution in [0.3, 0.4) is 0 Å². The maximum absolute atomic E-state index is 9.54. The van der Waals surface area contributed by atoms with Gasteiger partial charge in [0, 0.05) is 12.2 Å². The van der Waals surface area contributed by atoms with E-state index >= 15 is 0 Å². The van der Waals surface area contributed by atoms with E-state index in [1.807, 2.05) is 6.92 Å². The molecule has 2 atom stereocenters. The summed E-state index contributed by atoms with van der Waals surface area (Å²) in [6.45, 7) is 7.98. The lowest BCUT2D eigenvalue weighted by molar-refractivity contribution is 0.290. The van der Waals surface area contributed by atoms with Gasteiger partial charge in [0.1, 0.15) is 5.54 Å². The molecule has 104 valence electrons. The van der Waals surface area contributed by atoms with Crippen molar-refractivity contribution in [3.05, 3.63) is 17.5 Å². The minimum atomic E-state index is -0.301. The zero-order valence-electron chi connectivity index (χ0n) is 12.2. The molecule has 1 aliphatic rings. The summed E-state index contributed by atoms with van der Waals surface area (Å²) < 4.78 is 2.07. The van der Waals surface area contributed by atoms with Crippen LogP contribution in [0, 0.1) is 31.1 Å². The minimum Gasteiger partial charge on any atom is -0.299 e. The molecule has 0 amide bonds. The quantitative estimate of drug-likeness (QED) is 0.885. The van der Waals surface area contributed by atoms with Gasteiger partial charge in [-0.2, -0.15) is 10.4 Å². The summed E-state index contributed by atoms with van der Waals surface area (Å²) in [6.07, 6.45) is 4.32. The number of rotatable bonds is 5. The summed E-state index contributed by atoms with van der Waals surface area (Å²) in [5, 5.41) is 17.5. The number of aromatic nitrogens is 2. The molecule has 0 saturated heterocycles. The Balaban J connectivity index is 2.02. The molecule has 4 nitrogen and oxygen atoms in total. The number of hydrogen-bond donors (Lipinski definition) is 1. The molecule has 0 bridgehead atoms. The van der Waals surface area contributed by atoms with E-state index in [1.165, 1.54) is 5.69 Å². The molecule has 0 aliphatic heterocycles. The second kappa shape index (κ2) is 5.75. The zero-order chi connectivity index (χ0) is 13.9. The smallest absolute Gasteiger partial charge is 0.109 e. The van der Waals surface area contributed by atoms with E-state index in [0.29, 0.717) is 5.92 Å². The maximum atomic E-state index is 9.54. The number of nitrogens with one attached hydrogen (secondary N) is 1. The number of nitrogens with zero attached hydrogens (tertiary/aromatic N) is 3. The highest BCUT2D eigenvalue weighted by atomic mass is 15.3. The molecule has 1 heterocycles. The van der Waals surface area contributed by atoms with E-state index in [-0.39, 0.29) is 5.54 Å². The topological polar surface area (TPSA) is 53.6 Å². The molecule has 19 heavy (non-hydrogen) atoms. The second-order valence-corrected chi connectivity index (χ2v) is 5.64. The molecule has 2 rings (SSSR count). The molecular formula is C15H24N4. The summed E-state index contributed by atoms with van der Waals surface area (Å²) in [5.74, 6) is 0.446. The predicted octanol–water partition coefficient (Wildman–Crippen LogP) is 2.56. The highest BCUT2D eigenvalue weighted by Crippen LogP contribution is 2.37. The molecule has 0 aromatic carbocycles. The molecule has 2 unspecified atom stereocenters. The van der Waals surface area contributed by atoms with Crippen molar-refractivity contribution in [3.63, 3.8) is 0 Å². The first-order valence-corrected chi connectivity index (χ1v) is 7.28. The van der Waals surface area contributed by atoms with Crippen LogP contribution < -0.4 is 5.32 Å². The van der Waals surface area contributed by atoms with E-state index < -0.39 is 0 Å². The monoisotopic (exact) mass is 260 g/mol. The summed E-state index contributed by atoms with van der Waals surface area (Å²) in [7, 11) is 0. The minimum absolute atomic E-state index is 0.301. The lowest BCUT2D eigenvalue weighted by Gasteiger charge is -2.29. The molecule has 1 N–H and O–H groups in total. The Morgan fingerprint density at radius 1 is 1.58 bits per heavy atom. The van der Waals surface area contributed by atoms with Gasteiger partial charge in [0.15, 0.2) is 0 Å². The molecule has 1 fully saturated rings. The van der Waals surface area contributed by atoms with E-state index in [1.54, 1.807) is 0 Å². The van der Waals surface area contributed by atoms with Gasteiger partial charge >= 0.3 is 0 Å². The van der Waals surface area contributed by atoms with Gasteiger partial charge in [-0.05, 0) is 51.6 Å². The molecule has 1 saturated carbocycles. The Labute approximate surface area is 115 Å². The molecule has 1 aliphatic carbocycles. The fourth-order valence-corrected chi connectivity index (χ4v) is 3.38. The summed E-state index contributed by atoms with van der Waals surface area (Å²) in [6, 6.07) is 4.65. The second-order valence-electron chi connectivity index (χ2n) is 5.64. The zero-order valence-corrected chi connectivity index (χ0v) is 12.2. The Hall–Kier alpha value is -1.34. The van der Waals surface area contributed by atoms with E-state index in [2.05, 4.69) is 41.1 Å². The standard InChI is InChI=1S/C15H24N4/c1-4-17-15(11-16)8-5-6-14(15)7-9-19-13(3)10-12(2)18-19/h10,14,17H,4-9H2,1-3H3. The van der Waals surface area contributed by atoms with Crippen molar-refractivity contribution in [2.24, 2.45) is 5.92 Å². The van der Waals surface area contributed by atoms with Crippen molar-refractivity contribution in [3.8, 4) is 6.07 Å². The maximum Gasteiger partial charge on any atom is 0.109 e. The Bertz CT molecular complexity index is 471. The normalized spacial score (nSPS) is 26.5. The molecule has 1 aromatic rings. The summed E-state index contributed by atoms with van der Waals surface area (Å²) in [4.78, 5) is 0. The van der Waals surface area contributed by atoms with Crippen LogP contribution in [0.4, 0.5) is 0 Å². The highest BCUT2D eigenvalue weighted by molar-refractivity contribution is 5.14. The van der Waals surface area contributed by atoms with Gasteiger partial charge < -0.3 is 0 Å². The summed E-state index contributed by atoms with van der Waals surface area (Å²) in [5.41, 5.74) is 1.98. The first-order chi connectivity index (χ1) is 9.11. The highest BCUT2D eigenvalue weighted by Gasteiger charge is 2.42. The lowest BCUT2D eigenvalue weighted by atomic mass is 9.86. The van der Waals surface area contributed by atoms with Crippen LogP contribution in [0.15, 0.2) is 6.07 Å². The number of hydrogen-bond acceptors (Lipinski definition) is 3. The third-order valence-corrected chi connectivity index (χ3v) is 4.31. The van der Waals surface area contributed by atoms with Crippen LogP contribution in [0.2, 0.25) is 0 Å². The Kier molecular flexibility index (Phi) is 4.26. The van der Waals surface area contributed by atoms with Gasteiger partial charge in [-0.1, -0.05) is 13.3 Å². The molecule has 1 aromatic heterocycles. The average molecular weight is 260 g/mol. The first kappa shape index (κ1) is 14.1. The predicted molar refractivity (Wildman–Crippen MR) is 75.7 cm³/mol. The molecule has 0 radical (unpaired) electrons. The van der Waals surface area contributed by atoms with E-state index in [0.717, 1.165) is 44.5 Å². The van der Waals surface area contributed by atoms with Crippen molar-refractivity contribution in [2.75, 3.05) is 6.54 Å². The van der Waals surface area contributed by atoms with Gasteiger partial charge in [-0.15, -0.1) is 0 Å². The van der Waals surface area contributed by atoms with Crippen molar-refractivity contribution in [2.45, 2.75) is 58.5 Å². The van der Waals surface area contributed by atoms with Gasteiger partial charge in [-0.3, -0.25) is 10.00 Å². The van der Waals surface area contributed by atoms with Crippen LogP contribution in [0.25, 0.3) is 0 Å². The third kappa shape index (κ3) is 2.82. The fraction of sp³-hybridized carbons (Fsp3) is 0.733. The SMILES string of the molecule is CCNC1(C#N)CCCC1CCn1nc(C)cc1C. The van der Waals surface area contributed by atoms with Gasteiger partial charge in [0.25, 0.3) is 0 Å². The van der Waals surface area contributed by atoms with Gasteiger partial charge in [-0.25, -0.2) is 0 Å². The number of aryl methyl sites for hydroxylation is 3. The molecule has 0 spiro atoms. The van der Waals surface area contributed by atoms with Gasteiger partial charge in [0.05, 0.1) is 11.8 Å². The van der Waals surface area contributed by atoms with E-state index in [4.69, 9.17) is 0 Å². The van der Waals surface area contributed by atoms with Crippen molar-refractivity contribution >= 4 is 0 Å². The first-order valence-electron chi connectivity index (χ1n) is 7.28. The largest absolute Gasteiger partial charge is 0.299 e. The van der Waals surface area contributed by atoms with Crippen LogP contribution in [-0.4, -0.2) is 21.9 Å². The van der Waals surface area contributed by atoms with Crippen LogP contribution in [0.1, 0.15) is 44.0 Å². The average Bonchev–Trinajstić information content (AvgIpc) is 2.91. The Morgan fingerprint density at radius 2 is 2.37 bits per heavy atom. The number of nitriles is 1. The summed E-state index contributed by atoms with van der Waals surface area (Å²) >= 11 is 0. The van der Waals surface area contributed by atoms with Crippen LogP contribution in [-0.2, 0) is 6.54 Å². The van der Waals surface area contributed by atoms with Crippen LogP contribution in [0.5, 0.6) is 0 Å². The van der Waals surface area contributed by atoms with Crippen molar-refractivity contribution in [1.82, 2.24) is 15.1 Å². The van der Waals surface area contributed by atoms with Crippen molar-refractivity contribution < 1.29 is 0 Å². The Morgan fingerprint density at radius 3 is 2.95 bits per heavy atom. The van der Waals surface area contributed by atoms with Crippen molar-refractivity contribution in [1.29, 1.82) is 5.26 Å².